The van der Waals surface area contributed by atoms with Gasteiger partial charge in [0, 0.05) is 13.0 Å². The minimum atomic E-state index is -0.358. The summed E-state index contributed by atoms with van der Waals surface area (Å²) in [4.78, 5) is 29.6. The predicted octanol–water partition coefficient (Wildman–Crippen LogP) is 3.47. The van der Waals surface area contributed by atoms with Gasteiger partial charge in [-0.2, -0.15) is 4.98 Å². The number of aromatic nitrogens is 2. The Morgan fingerprint density at radius 3 is 2.65 bits per heavy atom. The number of para-hydroxylation sites is 2. The Morgan fingerprint density at radius 1 is 1.23 bits per heavy atom. The Labute approximate surface area is 184 Å². The van der Waals surface area contributed by atoms with Gasteiger partial charge >= 0.3 is 0 Å². The van der Waals surface area contributed by atoms with Crippen LogP contribution in [-0.2, 0) is 17.8 Å². The number of methoxy groups -OCH3 is 1. The smallest absolute Gasteiger partial charge is 0.261 e. The van der Waals surface area contributed by atoms with E-state index in [4.69, 9.17) is 4.74 Å². The maximum absolute atomic E-state index is 13.0. The van der Waals surface area contributed by atoms with Gasteiger partial charge in [-0.3, -0.25) is 14.2 Å². The highest BCUT2D eigenvalue weighted by molar-refractivity contribution is 7.99. The van der Waals surface area contributed by atoms with Gasteiger partial charge in [-0.25, -0.2) is 0 Å². The van der Waals surface area contributed by atoms with E-state index in [9.17, 15) is 14.7 Å². The maximum Gasteiger partial charge on any atom is 0.261 e. The van der Waals surface area contributed by atoms with Gasteiger partial charge in [0.05, 0.1) is 24.1 Å². The predicted molar refractivity (Wildman–Crippen MR) is 122 cm³/mol. The van der Waals surface area contributed by atoms with Crippen molar-refractivity contribution in [2.45, 2.75) is 18.1 Å². The van der Waals surface area contributed by atoms with Crippen molar-refractivity contribution >= 4 is 23.4 Å². The number of hydrogen-bond acceptors (Lipinski definition) is 6. The number of ether oxygens (including phenoxy) is 1. The molecule has 2 aromatic carbocycles. The zero-order chi connectivity index (χ0) is 22.2. The van der Waals surface area contributed by atoms with Crippen LogP contribution in [0.2, 0.25) is 0 Å². The molecule has 3 rings (SSSR count). The van der Waals surface area contributed by atoms with Crippen LogP contribution in [-0.4, -0.2) is 33.4 Å². The number of nitrogens with one attached hydrogen (secondary N) is 1. The summed E-state index contributed by atoms with van der Waals surface area (Å²) < 4.78 is 6.64. The number of rotatable bonds is 9. The first-order valence-electron chi connectivity index (χ1n) is 9.56. The summed E-state index contributed by atoms with van der Waals surface area (Å²) in [7, 11) is 1.53. The Balaban J connectivity index is 1.79. The Bertz CT molecular complexity index is 1130. The number of carbonyl (C=O) groups excluding carboxylic acids is 1. The van der Waals surface area contributed by atoms with E-state index in [1.165, 1.54) is 11.7 Å². The van der Waals surface area contributed by atoms with Crippen molar-refractivity contribution in [2.75, 3.05) is 18.2 Å². The fourth-order valence-electron chi connectivity index (χ4n) is 2.98. The van der Waals surface area contributed by atoms with Crippen LogP contribution in [0.4, 0.5) is 5.69 Å². The van der Waals surface area contributed by atoms with E-state index in [2.05, 4.69) is 16.9 Å². The van der Waals surface area contributed by atoms with E-state index >= 15 is 0 Å². The zero-order valence-electron chi connectivity index (χ0n) is 17.1. The topological polar surface area (TPSA) is 93.5 Å². The minimum absolute atomic E-state index is 0.000890. The molecule has 1 heterocycles. The van der Waals surface area contributed by atoms with Crippen LogP contribution in [0.15, 0.2) is 77.2 Å². The SMILES string of the molecule is C=CCn1c(SCC(=O)Nc2ccccc2OC)nc(O)c(Cc2ccccc2)c1=O. The highest BCUT2D eigenvalue weighted by Gasteiger charge is 2.18. The summed E-state index contributed by atoms with van der Waals surface area (Å²) in [5, 5.41) is 13.4. The highest BCUT2D eigenvalue weighted by Crippen LogP contribution is 2.25. The van der Waals surface area contributed by atoms with Gasteiger partial charge in [0.2, 0.25) is 11.8 Å². The number of nitrogens with zero attached hydrogens (tertiary/aromatic N) is 2. The maximum atomic E-state index is 13.0. The van der Waals surface area contributed by atoms with E-state index in [-0.39, 0.29) is 46.8 Å². The van der Waals surface area contributed by atoms with Gasteiger partial charge in [-0.05, 0) is 17.7 Å². The van der Waals surface area contributed by atoms with E-state index in [0.29, 0.717) is 11.4 Å². The molecule has 1 aromatic heterocycles. The Hall–Kier alpha value is -3.52. The normalized spacial score (nSPS) is 10.5. The first-order valence-corrected chi connectivity index (χ1v) is 10.5. The second-order valence-corrected chi connectivity index (χ2v) is 7.54. The molecule has 31 heavy (non-hydrogen) atoms. The van der Waals surface area contributed by atoms with Gasteiger partial charge in [0.25, 0.3) is 5.56 Å². The highest BCUT2D eigenvalue weighted by atomic mass is 32.2. The standard InChI is InChI=1S/C23H23N3O4S/c1-3-13-26-22(29)17(14-16-9-5-4-6-10-16)21(28)25-23(26)31-15-20(27)24-18-11-7-8-12-19(18)30-2/h3-12,28H,1,13-15H2,2H3,(H,24,27). The fourth-order valence-corrected chi connectivity index (χ4v) is 3.78. The lowest BCUT2D eigenvalue weighted by Crippen LogP contribution is -2.27. The molecule has 160 valence electrons. The quantitative estimate of drug-likeness (QED) is 0.303. The number of allylic oxidation sites excluding steroid dienone is 1. The molecule has 0 saturated heterocycles. The molecule has 2 N–H and O–H groups in total. The summed E-state index contributed by atoms with van der Waals surface area (Å²) in [6.45, 7) is 3.90. The summed E-state index contributed by atoms with van der Waals surface area (Å²) in [6, 6.07) is 16.4. The molecule has 0 atom stereocenters. The van der Waals surface area contributed by atoms with Crippen molar-refractivity contribution in [1.29, 1.82) is 0 Å². The van der Waals surface area contributed by atoms with E-state index in [1.807, 2.05) is 30.3 Å². The lowest BCUT2D eigenvalue weighted by Gasteiger charge is -2.14. The lowest BCUT2D eigenvalue weighted by atomic mass is 10.1. The molecule has 0 unspecified atom stereocenters. The first-order chi connectivity index (χ1) is 15.0. The number of carbonyl (C=O) groups is 1. The van der Waals surface area contributed by atoms with Crippen LogP contribution in [0.1, 0.15) is 11.1 Å². The van der Waals surface area contributed by atoms with Crippen molar-refractivity contribution in [3.05, 3.63) is 88.7 Å². The zero-order valence-corrected chi connectivity index (χ0v) is 17.9. The number of amides is 1. The molecule has 0 saturated carbocycles. The van der Waals surface area contributed by atoms with Crippen LogP contribution in [0.3, 0.4) is 0 Å². The molecule has 7 nitrogen and oxygen atoms in total. The average molecular weight is 438 g/mol. The molecule has 0 aliphatic rings. The minimum Gasteiger partial charge on any atom is -0.495 e. The van der Waals surface area contributed by atoms with Gasteiger partial charge < -0.3 is 15.2 Å². The molecule has 0 fully saturated rings. The van der Waals surface area contributed by atoms with Crippen molar-refractivity contribution in [3.63, 3.8) is 0 Å². The molecule has 0 spiro atoms. The molecular formula is C23H23N3O4S. The van der Waals surface area contributed by atoms with Crippen LogP contribution in [0.5, 0.6) is 11.6 Å². The molecule has 8 heteroatoms. The number of thioether (sulfide) groups is 1. The summed E-state index contributed by atoms with van der Waals surface area (Å²) in [5.41, 5.74) is 1.28. The second kappa shape index (κ2) is 10.5. The number of aromatic hydroxyl groups is 1. The summed E-state index contributed by atoms with van der Waals surface area (Å²) >= 11 is 1.06. The molecule has 0 aliphatic heterocycles. The monoisotopic (exact) mass is 437 g/mol. The summed E-state index contributed by atoms with van der Waals surface area (Å²) in [5.74, 6) is -0.0759. The van der Waals surface area contributed by atoms with Crippen LogP contribution in [0.25, 0.3) is 0 Å². The molecule has 3 aromatic rings. The van der Waals surface area contributed by atoms with E-state index in [1.54, 1.807) is 30.3 Å². The first kappa shape index (κ1) is 22.2. The van der Waals surface area contributed by atoms with Crippen molar-refractivity contribution < 1.29 is 14.6 Å². The number of anilines is 1. The molecule has 0 bridgehead atoms. The van der Waals surface area contributed by atoms with Crippen molar-refractivity contribution in [1.82, 2.24) is 9.55 Å². The van der Waals surface area contributed by atoms with Gasteiger partial charge in [-0.15, -0.1) is 6.58 Å². The Morgan fingerprint density at radius 2 is 1.94 bits per heavy atom. The number of hydrogen-bond donors (Lipinski definition) is 2. The molecule has 1 amide bonds. The van der Waals surface area contributed by atoms with E-state index in [0.717, 1.165) is 17.3 Å². The third-order valence-electron chi connectivity index (χ3n) is 4.45. The van der Waals surface area contributed by atoms with Crippen LogP contribution >= 0.6 is 11.8 Å². The van der Waals surface area contributed by atoms with Crippen molar-refractivity contribution in [2.24, 2.45) is 0 Å². The number of benzene rings is 2. The second-order valence-electron chi connectivity index (χ2n) is 6.60. The van der Waals surface area contributed by atoms with Crippen LogP contribution < -0.4 is 15.6 Å². The van der Waals surface area contributed by atoms with Crippen LogP contribution in [0, 0.1) is 0 Å². The largest absolute Gasteiger partial charge is 0.495 e. The van der Waals surface area contributed by atoms with Crippen molar-refractivity contribution in [3.8, 4) is 11.6 Å². The lowest BCUT2D eigenvalue weighted by molar-refractivity contribution is -0.113. The van der Waals surface area contributed by atoms with Gasteiger partial charge in [0.15, 0.2) is 5.16 Å². The Kier molecular flexibility index (Phi) is 7.50. The van der Waals surface area contributed by atoms with Gasteiger partial charge in [0.1, 0.15) is 5.75 Å². The average Bonchev–Trinajstić information content (AvgIpc) is 2.78. The molecular weight excluding hydrogens is 414 g/mol. The third-order valence-corrected chi connectivity index (χ3v) is 5.43. The summed E-state index contributed by atoms with van der Waals surface area (Å²) in [6.07, 6.45) is 1.83. The molecule has 0 radical (unpaired) electrons. The molecule has 0 aliphatic carbocycles. The van der Waals surface area contributed by atoms with Gasteiger partial charge in [-0.1, -0.05) is 60.3 Å². The fraction of sp³-hybridized carbons (Fsp3) is 0.174. The van der Waals surface area contributed by atoms with E-state index < -0.39 is 0 Å². The third kappa shape index (κ3) is 5.55.